The first-order valence-electron chi connectivity index (χ1n) is 7.39. The Hall–Kier alpha value is -1.62. The lowest BCUT2D eigenvalue weighted by molar-refractivity contribution is -0.111. The van der Waals surface area contributed by atoms with Crippen molar-refractivity contribution in [2.45, 2.75) is 13.0 Å². The van der Waals surface area contributed by atoms with Crippen LogP contribution in [0.3, 0.4) is 0 Å². The summed E-state index contributed by atoms with van der Waals surface area (Å²) >= 11 is 9.67. The zero-order chi connectivity index (χ0) is 16.2. The number of carbonyl (C=O) groups is 1. The fourth-order valence-electron chi connectivity index (χ4n) is 2.60. The van der Waals surface area contributed by atoms with E-state index in [9.17, 15) is 4.79 Å². The van der Waals surface area contributed by atoms with Crippen LogP contribution in [0.2, 0.25) is 5.02 Å². The Bertz CT molecular complexity index is 774. The van der Waals surface area contributed by atoms with Gasteiger partial charge in [0.15, 0.2) is 0 Å². The van der Waals surface area contributed by atoms with Gasteiger partial charge in [-0.25, -0.2) is 0 Å². The molecular formula is C18H16BrClN2O. The molecule has 0 aliphatic carbocycles. The predicted octanol–water partition coefficient (Wildman–Crippen LogP) is 4.40. The Balaban J connectivity index is 1.73. The molecule has 1 heterocycles. The highest BCUT2D eigenvalue weighted by molar-refractivity contribution is 9.10. The average molecular weight is 392 g/mol. The van der Waals surface area contributed by atoms with Gasteiger partial charge in [-0.05, 0) is 53.9 Å². The zero-order valence-corrected chi connectivity index (χ0v) is 14.7. The molecule has 3 rings (SSSR count). The van der Waals surface area contributed by atoms with Crippen LogP contribution in [0.15, 0.2) is 46.9 Å². The SMILES string of the molecule is O=C(C=Cc1ccccc1Cl)Nc1cc(Br)c2c(c1)CNCC2. The lowest BCUT2D eigenvalue weighted by atomic mass is 10.0. The Labute approximate surface area is 148 Å². The molecule has 118 valence electrons. The highest BCUT2D eigenvalue weighted by Gasteiger charge is 2.13. The summed E-state index contributed by atoms with van der Waals surface area (Å²) in [7, 11) is 0. The van der Waals surface area contributed by atoms with Crippen LogP contribution in [0.4, 0.5) is 5.69 Å². The number of anilines is 1. The van der Waals surface area contributed by atoms with Crippen LogP contribution in [0.5, 0.6) is 0 Å². The number of carbonyl (C=O) groups excluding carboxylic acids is 1. The van der Waals surface area contributed by atoms with Crippen molar-refractivity contribution >= 4 is 45.2 Å². The fourth-order valence-corrected chi connectivity index (χ4v) is 3.50. The Morgan fingerprint density at radius 3 is 2.96 bits per heavy atom. The molecule has 0 bridgehead atoms. The first kappa shape index (κ1) is 16.2. The molecule has 0 aromatic heterocycles. The molecule has 2 aromatic rings. The molecule has 2 N–H and O–H groups in total. The van der Waals surface area contributed by atoms with Gasteiger partial charge in [0, 0.05) is 27.8 Å². The molecule has 2 aromatic carbocycles. The number of fused-ring (bicyclic) bond motifs is 1. The second-order valence-electron chi connectivity index (χ2n) is 5.37. The van der Waals surface area contributed by atoms with Crippen molar-refractivity contribution in [1.29, 1.82) is 0 Å². The molecule has 23 heavy (non-hydrogen) atoms. The van der Waals surface area contributed by atoms with Crippen molar-refractivity contribution in [3.63, 3.8) is 0 Å². The molecule has 1 amide bonds. The smallest absolute Gasteiger partial charge is 0.248 e. The summed E-state index contributed by atoms with van der Waals surface area (Å²) in [6.45, 7) is 1.81. The zero-order valence-electron chi connectivity index (χ0n) is 12.4. The summed E-state index contributed by atoms with van der Waals surface area (Å²) in [6.07, 6.45) is 4.20. The van der Waals surface area contributed by atoms with Gasteiger partial charge in [-0.15, -0.1) is 0 Å². The third kappa shape index (κ3) is 4.02. The maximum atomic E-state index is 12.1. The van der Waals surface area contributed by atoms with E-state index in [0.29, 0.717) is 5.02 Å². The normalized spacial score (nSPS) is 13.8. The lowest BCUT2D eigenvalue weighted by Crippen LogP contribution is -2.24. The van der Waals surface area contributed by atoms with Crippen molar-refractivity contribution < 1.29 is 4.79 Å². The largest absolute Gasteiger partial charge is 0.322 e. The first-order chi connectivity index (χ1) is 11.1. The monoisotopic (exact) mass is 390 g/mol. The topological polar surface area (TPSA) is 41.1 Å². The van der Waals surface area contributed by atoms with Gasteiger partial charge in [-0.1, -0.05) is 45.7 Å². The van der Waals surface area contributed by atoms with Crippen molar-refractivity contribution in [3.05, 3.63) is 68.7 Å². The van der Waals surface area contributed by atoms with Gasteiger partial charge in [0.25, 0.3) is 0 Å². The molecule has 0 atom stereocenters. The number of halogens is 2. The predicted molar refractivity (Wildman–Crippen MR) is 98.7 cm³/mol. The quantitative estimate of drug-likeness (QED) is 0.761. The average Bonchev–Trinajstić information content (AvgIpc) is 2.54. The second kappa shape index (κ2) is 7.30. The summed E-state index contributed by atoms with van der Waals surface area (Å²) in [6, 6.07) is 11.4. The number of hydrogen-bond donors (Lipinski definition) is 2. The minimum atomic E-state index is -0.180. The van der Waals surface area contributed by atoms with Crippen LogP contribution in [0.25, 0.3) is 6.08 Å². The highest BCUT2D eigenvalue weighted by Crippen LogP contribution is 2.28. The van der Waals surface area contributed by atoms with E-state index >= 15 is 0 Å². The molecule has 0 unspecified atom stereocenters. The van der Waals surface area contributed by atoms with Crippen LogP contribution in [-0.4, -0.2) is 12.5 Å². The standard InChI is InChI=1S/C18H16BrClN2O/c19-16-10-14(9-13-11-21-8-7-15(13)16)22-18(23)6-5-12-3-1-2-4-17(12)20/h1-6,9-10,21H,7-8,11H2,(H,22,23). The molecule has 0 fully saturated rings. The van der Waals surface area contributed by atoms with Crippen molar-refractivity contribution in [2.24, 2.45) is 0 Å². The fraction of sp³-hybridized carbons (Fsp3) is 0.167. The third-order valence-corrected chi connectivity index (χ3v) is 4.79. The maximum absolute atomic E-state index is 12.1. The molecule has 1 aliphatic heterocycles. The van der Waals surface area contributed by atoms with Crippen molar-refractivity contribution in [2.75, 3.05) is 11.9 Å². The summed E-state index contributed by atoms with van der Waals surface area (Å²) in [4.78, 5) is 12.1. The molecular weight excluding hydrogens is 376 g/mol. The van der Waals surface area contributed by atoms with Crippen LogP contribution >= 0.6 is 27.5 Å². The summed E-state index contributed by atoms with van der Waals surface area (Å²) in [5.74, 6) is -0.180. The van der Waals surface area contributed by atoms with Gasteiger partial charge in [0.2, 0.25) is 5.91 Å². The van der Waals surface area contributed by atoms with Gasteiger partial charge in [-0.2, -0.15) is 0 Å². The van der Waals surface area contributed by atoms with E-state index in [-0.39, 0.29) is 5.91 Å². The second-order valence-corrected chi connectivity index (χ2v) is 6.63. The Kier molecular flexibility index (Phi) is 5.16. The third-order valence-electron chi connectivity index (χ3n) is 3.74. The summed E-state index contributed by atoms with van der Waals surface area (Å²) in [5.41, 5.74) is 4.14. The molecule has 0 radical (unpaired) electrons. The minimum absolute atomic E-state index is 0.180. The van der Waals surface area contributed by atoms with Crippen molar-refractivity contribution in [3.8, 4) is 0 Å². The molecule has 1 aliphatic rings. The summed E-state index contributed by atoms with van der Waals surface area (Å²) in [5, 5.41) is 6.86. The number of rotatable bonds is 3. The van der Waals surface area contributed by atoms with E-state index in [2.05, 4.69) is 26.6 Å². The Morgan fingerprint density at radius 2 is 2.13 bits per heavy atom. The van der Waals surface area contributed by atoms with Crippen molar-refractivity contribution in [1.82, 2.24) is 5.32 Å². The van der Waals surface area contributed by atoms with Crippen LogP contribution in [0, 0.1) is 0 Å². The van der Waals surface area contributed by atoms with E-state index in [4.69, 9.17) is 11.6 Å². The van der Waals surface area contributed by atoms with E-state index in [1.807, 2.05) is 30.3 Å². The number of nitrogens with one attached hydrogen (secondary N) is 2. The number of benzene rings is 2. The molecule has 0 spiro atoms. The van der Waals surface area contributed by atoms with Crippen LogP contribution < -0.4 is 10.6 Å². The van der Waals surface area contributed by atoms with Crippen LogP contribution in [0.1, 0.15) is 16.7 Å². The lowest BCUT2D eigenvalue weighted by Gasteiger charge is -2.19. The molecule has 3 nitrogen and oxygen atoms in total. The summed E-state index contributed by atoms with van der Waals surface area (Å²) < 4.78 is 1.04. The van der Waals surface area contributed by atoms with Gasteiger partial charge < -0.3 is 10.6 Å². The van der Waals surface area contributed by atoms with E-state index in [1.165, 1.54) is 17.2 Å². The van der Waals surface area contributed by atoms with Crippen LogP contribution in [-0.2, 0) is 17.8 Å². The minimum Gasteiger partial charge on any atom is -0.322 e. The maximum Gasteiger partial charge on any atom is 0.248 e. The van der Waals surface area contributed by atoms with E-state index in [1.54, 1.807) is 12.1 Å². The Morgan fingerprint density at radius 1 is 1.30 bits per heavy atom. The molecule has 0 saturated heterocycles. The highest BCUT2D eigenvalue weighted by atomic mass is 79.9. The van der Waals surface area contributed by atoms with Gasteiger partial charge in [0.1, 0.15) is 0 Å². The molecule has 5 heteroatoms. The molecule has 0 saturated carbocycles. The first-order valence-corrected chi connectivity index (χ1v) is 8.56. The van der Waals surface area contributed by atoms with Gasteiger partial charge in [-0.3, -0.25) is 4.79 Å². The number of hydrogen-bond acceptors (Lipinski definition) is 2. The number of amides is 1. The van der Waals surface area contributed by atoms with E-state index < -0.39 is 0 Å². The van der Waals surface area contributed by atoms with E-state index in [0.717, 1.165) is 35.2 Å². The van der Waals surface area contributed by atoms with Gasteiger partial charge in [0.05, 0.1) is 0 Å². The van der Waals surface area contributed by atoms with Gasteiger partial charge >= 0.3 is 0 Å².